The minimum atomic E-state index is -3.47. The number of carbonyl (C=O) groups is 1. The van der Waals surface area contributed by atoms with Gasteiger partial charge in [-0.15, -0.1) is 11.3 Å². The van der Waals surface area contributed by atoms with Gasteiger partial charge in [-0.3, -0.25) is 4.79 Å². The molecular weight excluding hydrogens is 274 g/mol. The molecule has 2 rings (SSSR count). The normalized spacial score (nSPS) is 15.8. The number of nitrogens with one attached hydrogen (secondary N) is 1. The van der Waals surface area contributed by atoms with Crippen molar-refractivity contribution < 1.29 is 18.3 Å². The van der Waals surface area contributed by atoms with Gasteiger partial charge >= 0.3 is 5.97 Å². The van der Waals surface area contributed by atoms with Crippen LogP contribution in [0.4, 0.5) is 0 Å². The van der Waals surface area contributed by atoms with E-state index in [1.807, 2.05) is 0 Å². The van der Waals surface area contributed by atoms with Crippen LogP contribution in [0.25, 0.3) is 0 Å². The maximum absolute atomic E-state index is 11.9. The SMILES string of the molecule is O=C(O)Cc1ccc(S(=O)(=O)NCCC2CC2)s1. The lowest BCUT2D eigenvalue weighted by Crippen LogP contribution is -2.24. The first-order chi connectivity index (χ1) is 8.47. The van der Waals surface area contributed by atoms with Crippen LogP contribution in [0.15, 0.2) is 16.3 Å². The molecule has 0 saturated heterocycles. The van der Waals surface area contributed by atoms with Crippen molar-refractivity contribution in [3.05, 3.63) is 17.0 Å². The molecule has 100 valence electrons. The number of hydrogen-bond donors (Lipinski definition) is 2. The molecule has 0 aliphatic heterocycles. The van der Waals surface area contributed by atoms with E-state index in [9.17, 15) is 13.2 Å². The topological polar surface area (TPSA) is 83.5 Å². The molecule has 2 N–H and O–H groups in total. The number of carboxylic acids is 1. The van der Waals surface area contributed by atoms with Crippen molar-refractivity contribution >= 4 is 27.3 Å². The highest BCUT2D eigenvalue weighted by molar-refractivity contribution is 7.91. The van der Waals surface area contributed by atoms with Gasteiger partial charge < -0.3 is 5.11 Å². The number of rotatable bonds is 7. The average molecular weight is 289 g/mol. The monoisotopic (exact) mass is 289 g/mol. The van der Waals surface area contributed by atoms with Crippen LogP contribution in [0.5, 0.6) is 0 Å². The molecule has 1 aliphatic carbocycles. The van der Waals surface area contributed by atoms with Crippen molar-refractivity contribution in [2.45, 2.75) is 29.9 Å². The third-order valence-electron chi connectivity index (χ3n) is 2.77. The Kier molecular flexibility index (Phi) is 4.04. The number of sulfonamides is 1. The average Bonchev–Trinajstić information content (AvgIpc) is 2.95. The standard InChI is InChI=1S/C11H15NO4S2/c13-10(14)7-9-3-4-11(17-9)18(15,16)12-6-5-8-1-2-8/h3-4,8,12H,1-2,5-7H2,(H,13,14). The van der Waals surface area contributed by atoms with Crippen molar-refractivity contribution in [3.63, 3.8) is 0 Å². The summed E-state index contributed by atoms with van der Waals surface area (Å²) in [6.07, 6.45) is 3.14. The van der Waals surface area contributed by atoms with Crippen LogP contribution in [0.3, 0.4) is 0 Å². The maximum Gasteiger partial charge on any atom is 0.308 e. The summed E-state index contributed by atoms with van der Waals surface area (Å²) in [7, 11) is -3.47. The fraction of sp³-hybridized carbons (Fsp3) is 0.545. The van der Waals surface area contributed by atoms with Gasteiger partial charge in [0.05, 0.1) is 6.42 Å². The minimum absolute atomic E-state index is 0.137. The van der Waals surface area contributed by atoms with Crippen molar-refractivity contribution in [1.82, 2.24) is 4.72 Å². The van der Waals surface area contributed by atoms with E-state index in [-0.39, 0.29) is 10.6 Å². The van der Waals surface area contributed by atoms with Crippen LogP contribution in [0.2, 0.25) is 0 Å². The number of carboxylic acid groups (broad SMARTS) is 1. The smallest absolute Gasteiger partial charge is 0.308 e. The summed E-state index contributed by atoms with van der Waals surface area (Å²) in [6.45, 7) is 0.458. The molecule has 7 heteroatoms. The second kappa shape index (κ2) is 5.38. The van der Waals surface area contributed by atoms with Crippen LogP contribution in [0.1, 0.15) is 24.1 Å². The summed E-state index contributed by atoms with van der Waals surface area (Å²) in [5.41, 5.74) is 0. The quantitative estimate of drug-likeness (QED) is 0.796. The van der Waals surface area contributed by atoms with Gasteiger partial charge in [-0.2, -0.15) is 0 Å². The van der Waals surface area contributed by atoms with Crippen molar-refractivity contribution in [3.8, 4) is 0 Å². The first-order valence-electron chi connectivity index (χ1n) is 5.77. The maximum atomic E-state index is 11.9. The molecule has 0 amide bonds. The minimum Gasteiger partial charge on any atom is -0.481 e. The molecule has 5 nitrogen and oxygen atoms in total. The van der Waals surface area contributed by atoms with E-state index in [4.69, 9.17) is 5.11 Å². The van der Waals surface area contributed by atoms with E-state index < -0.39 is 16.0 Å². The highest BCUT2D eigenvalue weighted by Crippen LogP contribution is 2.32. The van der Waals surface area contributed by atoms with Gasteiger partial charge in [0.1, 0.15) is 4.21 Å². The molecule has 0 unspecified atom stereocenters. The van der Waals surface area contributed by atoms with Gasteiger partial charge in [0.25, 0.3) is 0 Å². The Morgan fingerprint density at radius 3 is 2.78 bits per heavy atom. The first-order valence-corrected chi connectivity index (χ1v) is 8.07. The van der Waals surface area contributed by atoms with E-state index in [1.54, 1.807) is 6.07 Å². The number of aliphatic carboxylic acids is 1. The van der Waals surface area contributed by atoms with Gasteiger partial charge in [-0.05, 0) is 24.5 Å². The molecule has 1 heterocycles. The Morgan fingerprint density at radius 1 is 1.44 bits per heavy atom. The Hall–Kier alpha value is -0.920. The Balaban J connectivity index is 1.94. The van der Waals surface area contributed by atoms with E-state index >= 15 is 0 Å². The first kappa shape index (κ1) is 13.5. The van der Waals surface area contributed by atoms with Gasteiger partial charge in [0.2, 0.25) is 10.0 Å². The predicted octanol–water partition coefficient (Wildman–Crippen LogP) is 1.45. The molecule has 1 fully saturated rings. The number of thiophene rings is 1. The highest BCUT2D eigenvalue weighted by Gasteiger charge is 2.22. The zero-order valence-electron chi connectivity index (χ0n) is 9.76. The van der Waals surface area contributed by atoms with Crippen LogP contribution >= 0.6 is 11.3 Å². The third-order valence-corrected chi connectivity index (χ3v) is 5.81. The van der Waals surface area contributed by atoms with Crippen LogP contribution in [-0.4, -0.2) is 26.0 Å². The molecule has 0 spiro atoms. The van der Waals surface area contributed by atoms with E-state index in [2.05, 4.69) is 4.72 Å². The largest absolute Gasteiger partial charge is 0.481 e. The van der Waals surface area contributed by atoms with E-state index in [0.29, 0.717) is 17.3 Å². The Labute approximate surface area is 110 Å². The third kappa shape index (κ3) is 3.79. The van der Waals surface area contributed by atoms with Crippen molar-refractivity contribution in [2.24, 2.45) is 5.92 Å². The van der Waals surface area contributed by atoms with Crippen molar-refractivity contribution in [1.29, 1.82) is 0 Å². The van der Waals surface area contributed by atoms with E-state index in [1.165, 1.54) is 18.9 Å². The van der Waals surface area contributed by atoms with Crippen LogP contribution in [0, 0.1) is 5.92 Å². The molecule has 18 heavy (non-hydrogen) atoms. The molecule has 0 atom stereocenters. The molecule has 1 aliphatic rings. The Morgan fingerprint density at radius 2 is 2.17 bits per heavy atom. The molecular formula is C11H15NO4S2. The zero-order valence-corrected chi connectivity index (χ0v) is 11.4. The summed E-state index contributed by atoms with van der Waals surface area (Å²) in [5, 5.41) is 8.63. The molecule has 1 aromatic heterocycles. The lowest BCUT2D eigenvalue weighted by atomic mass is 10.3. The Bertz CT molecular complexity index is 531. The molecule has 0 aromatic carbocycles. The summed E-state index contributed by atoms with van der Waals surface area (Å²) >= 11 is 1.01. The van der Waals surface area contributed by atoms with E-state index in [0.717, 1.165) is 17.8 Å². The van der Waals surface area contributed by atoms with Crippen LogP contribution in [-0.2, 0) is 21.2 Å². The van der Waals surface area contributed by atoms with Gasteiger partial charge in [0, 0.05) is 11.4 Å². The van der Waals surface area contributed by atoms with Gasteiger partial charge in [-0.1, -0.05) is 12.8 Å². The van der Waals surface area contributed by atoms with Crippen LogP contribution < -0.4 is 4.72 Å². The molecule has 1 saturated carbocycles. The molecule has 1 aromatic rings. The van der Waals surface area contributed by atoms with Gasteiger partial charge in [0.15, 0.2) is 0 Å². The lowest BCUT2D eigenvalue weighted by Gasteiger charge is -2.03. The highest BCUT2D eigenvalue weighted by atomic mass is 32.2. The fourth-order valence-electron chi connectivity index (χ4n) is 1.62. The number of hydrogen-bond acceptors (Lipinski definition) is 4. The lowest BCUT2D eigenvalue weighted by molar-refractivity contribution is -0.136. The molecule has 0 radical (unpaired) electrons. The second-order valence-electron chi connectivity index (χ2n) is 4.42. The predicted molar refractivity (Wildman–Crippen MR) is 68.2 cm³/mol. The summed E-state index contributed by atoms with van der Waals surface area (Å²) in [5.74, 6) is -0.277. The second-order valence-corrected chi connectivity index (χ2v) is 7.58. The fourth-order valence-corrected chi connectivity index (χ4v) is 4.06. The summed E-state index contributed by atoms with van der Waals surface area (Å²) in [6, 6.07) is 3.01. The van der Waals surface area contributed by atoms with Gasteiger partial charge in [-0.25, -0.2) is 13.1 Å². The molecule has 0 bridgehead atoms. The zero-order chi connectivity index (χ0) is 13.2. The summed E-state index contributed by atoms with van der Waals surface area (Å²) in [4.78, 5) is 11.1. The van der Waals surface area contributed by atoms with Crippen molar-refractivity contribution in [2.75, 3.05) is 6.54 Å². The summed E-state index contributed by atoms with van der Waals surface area (Å²) < 4.78 is 26.5.